The highest BCUT2D eigenvalue weighted by Crippen LogP contribution is 2.31. The van der Waals surface area contributed by atoms with E-state index in [1.165, 1.54) is 0 Å². The van der Waals surface area contributed by atoms with E-state index < -0.39 is 5.97 Å². The van der Waals surface area contributed by atoms with E-state index in [1.807, 2.05) is 41.8 Å². The SMILES string of the molecule is Cc1c(C(=O)CN2CCC(CC(=O)O)CC2)c2ncc(Br)cc2n1-c1ccc(Cl)cc1. The van der Waals surface area contributed by atoms with Crippen LogP contribution >= 0.6 is 27.5 Å². The lowest BCUT2D eigenvalue weighted by Crippen LogP contribution is -2.38. The maximum absolute atomic E-state index is 13.4. The minimum absolute atomic E-state index is 0.0294. The number of pyridine rings is 1. The first kappa shape index (κ1) is 22.0. The Bertz CT molecular complexity index is 1140. The van der Waals surface area contributed by atoms with Crippen molar-refractivity contribution in [1.29, 1.82) is 0 Å². The predicted octanol–water partition coefficient (Wildman–Crippen LogP) is 5.12. The molecule has 0 bridgehead atoms. The van der Waals surface area contributed by atoms with Crippen molar-refractivity contribution in [2.45, 2.75) is 26.2 Å². The van der Waals surface area contributed by atoms with Gasteiger partial charge in [0.25, 0.3) is 0 Å². The van der Waals surface area contributed by atoms with Crippen molar-refractivity contribution < 1.29 is 14.7 Å². The number of carbonyl (C=O) groups excluding carboxylic acids is 1. The number of fused-ring (bicyclic) bond motifs is 1. The Balaban J connectivity index is 1.63. The maximum Gasteiger partial charge on any atom is 0.303 e. The van der Waals surface area contributed by atoms with Gasteiger partial charge in [0.05, 0.1) is 23.1 Å². The van der Waals surface area contributed by atoms with Gasteiger partial charge in [0.1, 0.15) is 0 Å². The molecule has 0 amide bonds. The highest BCUT2D eigenvalue weighted by atomic mass is 79.9. The minimum atomic E-state index is -0.752. The van der Waals surface area contributed by atoms with Gasteiger partial charge in [0.15, 0.2) is 5.78 Å². The van der Waals surface area contributed by atoms with Gasteiger partial charge in [-0.25, -0.2) is 0 Å². The van der Waals surface area contributed by atoms with E-state index in [-0.39, 0.29) is 18.1 Å². The molecule has 0 spiro atoms. The first-order chi connectivity index (χ1) is 14.8. The molecule has 0 saturated carbocycles. The van der Waals surface area contributed by atoms with E-state index in [9.17, 15) is 9.59 Å². The third-order valence-electron chi connectivity index (χ3n) is 5.91. The molecule has 8 heteroatoms. The van der Waals surface area contributed by atoms with Crippen LogP contribution in [0.5, 0.6) is 0 Å². The van der Waals surface area contributed by atoms with Crippen LogP contribution in [0.3, 0.4) is 0 Å². The molecule has 1 fully saturated rings. The summed E-state index contributed by atoms with van der Waals surface area (Å²) < 4.78 is 2.88. The lowest BCUT2D eigenvalue weighted by molar-refractivity contribution is -0.138. The van der Waals surface area contributed by atoms with Crippen LogP contribution in [0.4, 0.5) is 0 Å². The second-order valence-electron chi connectivity index (χ2n) is 8.03. The fourth-order valence-electron chi connectivity index (χ4n) is 4.39. The van der Waals surface area contributed by atoms with Crippen LogP contribution in [-0.4, -0.2) is 50.9 Å². The molecule has 1 N–H and O–H groups in total. The fourth-order valence-corrected chi connectivity index (χ4v) is 4.84. The molecule has 3 aromatic rings. The molecule has 0 radical (unpaired) electrons. The third kappa shape index (κ3) is 4.68. The molecule has 4 rings (SSSR count). The number of hydrogen-bond donors (Lipinski definition) is 1. The summed E-state index contributed by atoms with van der Waals surface area (Å²) in [6.07, 6.45) is 3.52. The van der Waals surface area contributed by atoms with Crippen LogP contribution in [-0.2, 0) is 4.79 Å². The summed E-state index contributed by atoms with van der Waals surface area (Å²) in [7, 11) is 0. The van der Waals surface area contributed by atoms with Gasteiger partial charge in [-0.2, -0.15) is 0 Å². The van der Waals surface area contributed by atoms with Gasteiger partial charge >= 0.3 is 5.97 Å². The van der Waals surface area contributed by atoms with E-state index in [1.54, 1.807) is 6.20 Å². The molecule has 162 valence electrons. The first-order valence-electron chi connectivity index (χ1n) is 10.2. The number of carboxylic acid groups (broad SMARTS) is 1. The normalized spacial score (nSPS) is 15.5. The number of aliphatic carboxylic acids is 1. The highest BCUT2D eigenvalue weighted by molar-refractivity contribution is 9.10. The molecule has 6 nitrogen and oxygen atoms in total. The van der Waals surface area contributed by atoms with Crippen LogP contribution in [0, 0.1) is 12.8 Å². The predicted molar refractivity (Wildman–Crippen MR) is 124 cm³/mol. The number of likely N-dealkylation sites (tertiary alicyclic amines) is 1. The number of piperidine rings is 1. The summed E-state index contributed by atoms with van der Waals surface area (Å²) in [6.45, 7) is 3.71. The molecule has 1 aliphatic rings. The van der Waals surface area contributed by atoms with E-state index >= 15 is 0 Å². The molecule has 0 aliphatic carbocycles. The maximum atomic E-state index is 13.4. The van der Waals surface area contributed by atoms with E-state index in [4.69, 9.17) is 16.7 Å². The zero-order valence-electron chi connectivity index (χ0n) is 17.1. The van der Waals surface area contributed by atoms with Crippen LogP contribution in [0.1, 0.15) is 35.3 Å². The lowest BCUT2D eigenvalue weighted by Gasteiger charge is -2.30. The summed E-state index contributed by atoms with van der Waals surface area (Å²) >= 11 is 9.56. The third-order valence-corrected chi connectivity index (χ3v) is 6.60. The van der Waals surface area contributed by atoms with E-state index in [0.29, 0.717) is 22.6 Å². The standard InChI is InChI=1S/C23H23BrClN3O3/c1-14-22(20(29)13-27-8-6-15(7-9-27)10-21(30)31)23-19(11-16(24)12-26-23)28(14)18-4-2-17(25)3-5-18/h2-5,11-12,15H,6-10,13H2,1H3,(H,30,31). The van der Waals surface area contributed by atoms with Crippen LogP contribution < -0.4 is 0 Å². The Kier molecular flexibility index (Phi) is 6.46. The number of carboxylic acids is 1. The van der Waals surface area contributed by atoms with Crippen molar-refractivity contribution >= 4 is 50.3 Å². The highest BCUT2D eigenvalue weighted by Gasteiger charge is 2.26. The zero-order valence-corrected chi connectivity index (χ0v) is 19.5. The lowest BCUT2D eigenvalue weighted by atomic mass is 9.93. The van der Waals surface area contributed by atoms with E-state index in [0.717, 1.165) is 47.3 Å². The zero-order chi connectivity index (χ0) is 22.1. The second kappa shape index (κ2) is 9.10. The number of Topliss-reactive ketones (excluding diaryl/α,β-unsaturated/α-hetero) is 1. The first-order valence-corrected chi connectivity index (χ1v) is 11.4. The Morgan fingerprint density at radius 3 is 2.55 bits per heavy atom. The molecule has 1 aromatic carbocycles. The Labute approximate surface area is 194 Å². The monoisotopic (exact) mass is 503 g/mol. The number of benzene rings is 1. The molecular formula is C23H23BrClN3O3. The molecule has 1 saturated heterocycles. The van der Waals surface area contributed by atoms with Gasteiger partial charge < -0.3 is 9.67 Å². The average molecular weight is 505 g/mol. The largest absolute Gasteiger partial charge is 0.481 e. The molecule has 31 heavy (non-hydrogen) atoms. The number of carbonyl (C=O) groups is 2. The van der Waals surface area contributed by atoms with Crippen molar-refractivity contribution in [1.82, 2.24) is 14.5 Å². The van der Waals surface area contributed by atoms with Crippen LogP contribution in [0.2, 0.25) is 5.02 Å². The topological polar surface area (TPSA) is 75.4 Å². The quantitative estimate of drug-likeness (QED) is 0.472. The van der Waals surface area contributed by atoms with Gasteiger partial charge in [-0.3, -0.25) is 19.5 Å². The summed E-state index contributed by atoms with van der Waals surface area (Å²) in [5.74, 6) is -0.532. The van der Waals surface area contributed by atoms with Crippen molar-refractivity contribution in [3.8, 4) is 5.69 Å². The molecule has 0 unspecified atom stereocenters. The fraction of sp³-hybridized carbons (Fsp3) is 0.348. The number of ketones is 1. The number of rotatable bonds is 6. The summed E-state index contributed by atoms with van der Waals surface area (Å²) in [5.41, 5.74) is 3.93. The number of nitrogens with zero attached hydrogens (tertiary/aromatic N) is 3. The Morgan fingerprint density at radius 2 is 1.90 bits per heavy atom. The summed E-state index contributed by atoms with van der Waals surface area (Å²) in [4.78, 5) is 31.0. The molecule has 0 atom stereocenters. The molecular weight excluding hydrogens is 482 g/mol. The van der Waals surface area contributed by atoms with Crippen molar-refractivity contribution in [3.63, 3.8) is 0 Å². The summed E-state index contributed by atoms with van der Waals surface area (Å²) in [5, 5.41) is 9.65. The van der Waals surface area contributed by atoms with Gasteiger partial charge in [0.2, 0.25) is 0 Å². The van der Waals surface area contributed by atoms with Gasteiger partial charge in [-0.05, 0) is 85.0 Å². The molecule has 1 aliphatic heterocycles. The number of halogens is 2. The van der Waals surface area contributed by atoms with Crippen LogP contribution in [0.15, 0.2) is 41.0 Å². The summed E-state index contributed by atoms with van der Waals surface area (Å²) in [6, 6.07) is 9.49. The van der Waals surface area contributed by atoms with E-state index in [2.05, 4.69) is 25.8 Å². The Morgan fingerprint density at radius 1 is 1.23 bits per heavy atom. The van der Waals surface area contributed by atoms with Gasteiger partial charge in [-0.15, -0.1) is 0 Å². The van der Waals surface area contributed by atoms with Crippen molar-refractivity contribution in [3.05, 3.63) is 57.3 Å². The minimum Gasteiger partial charge on any atom is -0.481 e. The average Bonchev–Trinajstić information content (AvgIpc) is 3.01. The number of aromatic nitrogens is 2. The van der Waals surface area contributed by atoms with Crippen molar-refractivity contribution in [2.75, 3.05) is 19.6 Å². The smallest absolute Gasteiger partial charge is 0.303 e. The Hall–Kier alpha value is -2.22. The number of hydrogen-bond acceptors (Lipinski definition) is 4. The van der Waals surface area contributed by atoms with Gasteiger partial charge in [-0.1, -0.05) is 11.6 Å². The van der Waals surface area contributed by atoms with Crippen LogP contribution in [0.25, 0.3) is 16.7 Å². The van der Waals surface area contributed by atoms with Gasteiger partial charge in [0, 0.05) is 33.5 Å². The van der Waals surface area contributed by atoms with Crippen molar-refractivity contribution in [2.24, 2.45) is 5.92 Å². The molecule has 2 aromatic heterocycles. The molecule has 3 heterocycles. The second-order valence-corrected chi connectivity index (χ2v) is 9.39.